The number of hydrogen-bond acceptors (Lipinski definition) is 2. The van der Waals surface area contributed by atoms with Gasteiger partial charge in [0.05, 0.1) is 0 Å². The van der Waals surface area contributed by atoms with Crippen molar-refractivity contribution >= 4 is 11.6 Å². The van der Waals surface area contributed by atoms with Crippen LogP contribution in [0.4, 0.5) is 5.69 Å². The Kier molecular flexibility index (Phi) is 5.52. The highest BCUT2D eigenvalue weighted by molar-refractivity contribution is 6.01. The number of amides is 1. The molecule has 1 fully saturated rings. The summed E-state index contributed by atoms with van der Waals surface area (Å²) in [5.74, 6) is 0.367. The van der Waals surface area contributed by atoms with E-state index in [0.717, 1.165) is 56.5 Å². The average molecular weight is 324 g/mol. The summed E-state index contributed by atoms with van der Waals surface area (Å²) >= 11 is 0. The van der Waals surface area contributed by atoms with Gasteiger partial charge in [0.15, 0.2) is 0 Å². The minimum absolute atomic E-state index is 0.103. The average Bonchev–Trinajstić information content (AvgIpc) is 2.62. The molecule has 0 bridgehead atoms. The van der Waals surface area contributed by atoms with Crippen LogP contribution in [-0.2, 0) is 11.2 Å². The van der Waals surface area contributed by atoms with Crippen LogP contribution in [0, 0.1) is 5.92 Å². The second-order valence-corrected chi connectivity index (χ2v) is 6.74. The van der Waals surface area contributed by atoms with Gasteiger partial charge in [0.2, 0.25) is 5.91 Å². The van der Waals surface area contributed by atoms with E-state index in [0.29, 0.717) is 0 Å². The first-order valence-corrected chi connectivity index (χ1v) is 9.21. The van der Waals surface area contributed by atoms with Crippen LogP contribution in [-0.4, -0.2) is 19.5 Å². The molecular weight excluding hydrogens is 296 g/mol. The lowest BCUT2D eigenvalue weighted by molar-refractivity contribution is -0.122. The molecule has 0 radical (unpaired) electrons. The third kappa shape index (κ3) is 3.46. The topological polar surface area (TPSA) is 32.3 Å². The number of allylic oxidation sites excluding steroid dienone is 3. The highest BCUT2D eigenvalue weighted by Crippen LogP contribution is 2.39. The summed E-state index contributed by atoms with van der Waals surface area (Å²) in [5, 5.41) is 3.18. The number of carbonyl (C=O) groups is 1. The van der Waals surface area contributed by atoms with Crippen LogP contribution < -0.4 is 10.2 Å². The van der Waals surface area contributed by atoms with Crippen molar-refractivity contribution in [2.24, 2.45) is 5.92 Å². The number of piperidine rings is 1. The second-order valence-electron chi connectivity index (χ2n) is 6.74. The molecule has 1 aliphatic carbocycles. The van der Waals surface area contributed by atoms with Crippen molar-refractivity contribution in [2.45, 2.75) is 45.4 Å². The number of rotatable bonds is 6. The number of anilines is 1. The maximum absolute atomic E-state index is 13.2. The Balaban J connectivity index is 1.88. The van der Waals surface area contributed by atoms with Crippen LogP contribution >= 0.6 is 0 Å². The van der Waals surface area contributed by atoms with Gasteiger partial charge in [-0.2, -0.15) is 0 Å². The van der Waals surface area contributed by atoms with Gasteiger partial charge >= 0.3 is 0 Å². The number of aryl methyl sites for hydroxylation is 1. The van der Waals surface area contributed by atoms with E-state index in [9.17, 15) is 4.79 Å². The van der Waals surface area contributed by atoms with Crippen molar-refractivity contribution < 1.29 is 4.79 Å². The Hall–Kier alpha value is -1.87. The molecule has 3 rings (SSSR count). The number of benzene rings is 1. The molecular formula is C21H28N2O. The minimum Gasteiger partial charge on any atom is -0.320 e. The summed E-state index contributed by atoms with van der Waals surface area (Å²) in [6.45, 7) is 3.13. The van der Waals surface area contributed by atoms with Crippen LogP contribution in [0.3, 0.4) is 0 Å². The third-order valence-electron chi connectivity index (χ3n) is 5.08. The van der Waals surface area contributed by atoms with E-state index in [1.165, 1.54) is 11.1 Å². The lowest BCUT2D eigenvalue weighted by atomic mass is 9.84. The van der Waals surface area contributed by atoms with E-state index in [-0.39, 0.29) is 11.8 Å². The predicted octanol–water partition coefficient (Wildman–Crippen LogP) is 4.21. The molecule has 128 valence electrons. The molecule has 3 heteroatoms. The van der Waals surface area contributed by atoms with Gasteiger partial charge in [-0.1, -0.05) is 31.2 Å². The van der Waals surface area contributed by atoms with E-state index in [4.69, 9.17) is 0 Å². The zero-order valence-electron chi connectivity index (χ0n) is 14.8. The van der Waals surface area contributed by atoms with Crippen molar-refractivity contribution in [3.05, 3.63) is 53.3 Å². The highest BCUT2D eigenvalue weighted by Gasteiger charge is 2.35. The van der Waals surface area contributed by atoms with Crippen molar-refractivity contribution in [1.82, 2.24) is 5.32 Å². The Bertz CT molecular complexity index is 642. The zero-order chi connectivity index (χ0) is 16.9. The zero-order valence-corrected chi connectivity index (χ0v) is 14.8. The highest BCUT2D eigenvalue weighted by atomic mass is 16.2. The number of nitrogens with one attached hydrogen (secondary N) is 1. The first-order chi connectivity index (χ1) is 11.7. The fourth-order valence-electron chi connectivity index (χ4n) is 3.69. The Morgan fingerprint density at radius 3 is 2.62 bits per heavy atom. The normalized spacial score (nSPS) is 20.5. The van der Waals surface area contributed by atoms with E-state index < -0.39 is 0 Å². The molecule has 0 saturated carbocycles. The lowest BCUT2D eigenvalue weighted by Gasteiger charge is -2.37. The van der Waals surface area contributed by atoms with E-state index in [2.05, 4.69) is 48.7 Å². The summed E-state index contributed by atoms with van der Waals surface area (Å²) in [4.78, 5) is 15.1. The fourth-order valence-corrected chi connectivity index (χ4v) is 3.69. The van der Waals surface area contributed by atoms with Crippen molar-refractivity contribution in [3.8, 4) is 0 Å². The molecule has 1 atom stereocenters. The molecule has 1 unspecified atom stereocenters. The molecule has 1 aromatic rings. The van der Waals surface area contributed by atoms with E-state index in [1.807, 2.05) is 11.9 Å². The summed E-state index contributed by atoms with van der Waals surface area (Å²) in [6.07, 6.45) is 10.6. The Morgan fingerprint density at radius 2 is 1.92 bits per heavy atom. The molecule has 1 aromatic carbocycles. The standard InChI is InChI=1S/C21H28N2O/c1-3-16-10-12-19(13-11-16)23-20-9-5-4-7-17(20)15-18(21(23)24)8-6-14-22-2/h7,9-13,18,22H,3-6,8,14-15H2,1-2H3. The van der Waals surface area contributed by atoms with E-state index >= 15 is 0 Å². The minimum atomic E-state index is 0.103. The molecule has 0 spiro atoms. The van der Waals surface area contributed by atoms with Crippen LogP contribution in [0.25, 0.3) is 0 Å². The van der Waals surface area contributed by atoms with Crippen molar-refractivity contribution in [2.75, 3.05) is 18.5 Å². The molecule has 1 aliphatic heterocycles. The summed E-state index contributed by atoms with van der Waals surface area (Å²) < 4.78 is 0. The predicted molar refractivity (Wildman–Crippen MR) is 100.0 cm³/mol. The molecule has 1 heterocycles. The molecule has 2 aliphatic rings. The first kappa shape index (κ1) is 17.0. The van der Waals surface area contributed by atoms with Crippen LogP contribution in [0.2, 0.25) is 0 Å². The monoisotopic (exact) mass is 324 g/mol. The van der Waals surface area contributed by atoms with Gasteiger partial charge in [0, 0.05) is 17.3 Å². The Labute approximate surface area is 145 Å². The molecule has 1 saturated heterocycles. The number of fused-ring (bicyclic) bond motifs is 1. The summed E-state index contributed by atoms with van der Waals surface area (Å²) in [5.41, 5.74) is 4.80. The smallest absolute Gasteiger partial charge is 0.234 e. The SMILES string of the molecule is CCc1ccc(N2C(=O)C(CCCNC)CC3=CCCC=C32)cc1. The number of carbonyl (C=O) groups excluding carboxylic acids is 1. The van der Waals surface area contributed by atoms with Gasteiger partial charge in [-0.3, -0.25) is 9.69 Å². The van der Waals surface area contributed by atoms with Gasteiger partial charge in [-0.15, -0.1) is 0 Å². The van der Waals surface area contributed by atoms with Gasteiger partial charge < -0.3 is 5.32 Å². The molecule has 3 nitrogen and oxygen atoms in total. The largest absolute Gasteiger partial charge is 0.320 e. The Morgan fingerprint density at radius 1 is 1.17 bits per heavy atom. The maximum Gasteiger partial charge on any atom is 0.234 e. The summed E-state index contributed by atoms with van der Waals surface area (Å²) in [6, 6.07) is 8.47. The second kappa shape index (κ2) is 7.80. The molecule has 24 heavy (non-hydrogen) atoms. The number of hydrogen-bond donors (Lipinski definition) is 1. The summed E-state index contributed by atoms with van der Waals surface area (Å²) in [7, 11) is 1.97. The van der Waals surface area contributed by atoms with Crippen molar-refractivity contribution in [3.63, 3.8) is 0 Å². The quantitative estimate of drug-likeness (QED) is 0.795. The van der Waals surface area contributed by atoms with Gasteiger partial charge in [0.1, 0.15) is 0 Å². The molecule has 1 N–H and O–H groups in total. The van der Waals surface area contributed by atoms with Gasteiger partial charge in [-0.25, -0.2) is 0 Å². The van der Waals surface area contributed by atoms with Crippen LogP contribution in [0.1, 0.15) is 44.6 Å². The van der Waals surface area contributed by atoms with Gasteiger partial charge in [-0.05, 0) is 75.4 Å². The molecule has 1 amide bonds. The van der Waals surface area contributed by atoms with E-state index in [1.54, 1.807) is 0 Å². The lowest BCUT2D eigenvalue weighted by Crippen LogP contribution is -2.41. The maximum atomic E-state index is 13.2. The first-order valence-electron chi connectivity index (χ1n) is 9.21. The van der Waals surface area contributed by atoms with Gasteiger partial charge in [0.25, 0.3) is 0 Å². The van der Waals surface area contributed by atoms with Crippen LogP contribution in [0.15, 0.2) is 47.7 Å². The number of nitrogens with zero attached hydrogens (tertiary/aromatic N) is 1. The van der Waals surface area contributed by atoms with Crippen molar-refractivity contribution in [1.29, 1.82) is 0 Å². The molecule has 0 aromatic heterocycles. The van der Waals surface area contributed by atoms with Crippen LogP contribution in [0.5, 0.6) is 0 Å². The third-order valence-corrected chi connectivity index (χ3v) is 5.08. The fraction of sp³-hybridized carbons (Fsp3) is 0.476.